The lowest BCUT2D eigenvalue weighted by molar-refractivity contribution is 0.254. The Labute approximate surface area is 169 Å². The van der Waals surface area contributed by atoms with Crippen LogP contribution in [-0.2, 0) is 0 Å². The summed E-state index contributed by atoms with van der Waals surface area (Å²) < 4.78 is 10.9. The van der Waals surface area contributed by atoms with Gasteiger partial charge in [0, 0.05) is 28.7 Å². The number of aryl methyl sites for hydroxylation is 1. The first-order valence-electron chi connectivity index (χ1n) is 9.06. The van der Waals surface area contributed by atoms with Crippen molar-refractivity contribution in [2.45, 2.75) is 6.92 Å². The van der Waals surface area contributed by atoms with Crippen molar-refractivity contribution in [3.63, 3.8) is 0 Å². The van der Waals surface area contributed by atoms with Gasteiger partial charge < -0.3 is 20.5 Å². The van der Waals surface area contributed by atoms with Crippen molar-refractivity contribution >= 4 is 34.0 Å². The first-order chi connectivity index (χ1) is 14.0. The number of hydrogen-bond donors (Lipinski definition) is 2. The second-order valence-corrected chi connectivity index (χ2v) is 6.38. The van der Waals surface area contributed by atoms with Crippen molar-refractivity contribution in [3.05, 3.63) is 60.8 Å². The number of anilines is 3. The zero-order valence-corrected chi connectivity index (χ0v) is 16.7. The number of fused-ring (bicyclic) bond motifs is 1. The summed E-state index contributed by atoms with van der Waals surface area (Å²) in [5.41, 5.74) is 7.85. The van der Waals surface area contributed by atoms with E-state index in [1.165, 1.54) is 4.90 Å². The number of pyridine rings is 1. The van der Waals surface area contributed by atoms with Crippen LogP contribution in [0.1, 0.15) is 5.69 Å². The third kappa shape index (κ3) is 3.94. The molecule has 150 valence electrons. The topological polar surface area (TPSA) is 89.7 Å². The lowest BCUT2D eigenvalue weighted by Gasteiger charge is -2.25. The van der Waals surface area contributed by atoms with Crippen LogP contribution in [0, 0.1) is 6.92 Å². The fraction of sp³-hybridized carbons (Fsp3) is 0.182. The monoisotopic (exact) mass is 392 g/mol. The van der Waals surface area contributed by atoms with Crippen LogP contribution in [0.4, 0.5) is 22.0 Å². The molecule has 1 aromatic heterocycles. The molecule has 3 N–H and O–H groups in total. The van der Waals surface area contributed by atoms with Gasteiger partial charge in [-0.25, -0.2) is 9.78 Å². The van der Waals surface area contributed by atoms with Gasteiger partial charge >= 0.3 is 6.03 Å². The van der Waals surface area contributed by atoms with Crippen LogP contribution in [0.5, 0.6) is 11.5 Å². The number of carbonyl (C=O) groups excluding carboxylic acids is 1. The Hall–Kier alpha value is -3.74. The van der Waals surface area contributed by atoms with E-state index in [-0.39, 0.29) is 6.54 Å². The quantitative estimate of drug-likeness (QED) is 0.583. The van der Waals surface area contributed by atoms with E-state index in [2.05, 4.69) is 11.9 Å². The molecule has 0 saturated heterocycles. The number of ether oxygens (including phenoxy) is 2. The molecule has 7 nitrogen and oxygen atoms in total. The van der Waals surface area contributed by atoms with Crippen LogP contribution in [0.3, 0.4) is 0 Å². The van der Waals surface area contributed by atoms with Crippen LogP contribution in [0.25, 0.3) is 10.8 Å². The van der Waals surface area contributed by atoms with E-state index in [4.69, 9.17) is 20.2 Å². The van der Waals surface area contributed by atoms with Gasteiger partial charge in [0.2, 0.25) is 0 Å². The zero-order chi connectivity index (χ0) is 21.0. The van der Waals surface area contributed by atoms with E-state index in [9.17, 15) is 4.79 Å². The van der Waals surface area contributed by atoms with E-state index in [0.717, 1.165) is 22.2 Å². The molecule has 29 heavy (non-hydrogen) atoms. The Balaban J connectivity index is 2.34. The number of rotatable bonds is 7. The van der Waals surface area contributed by atoms with Crippen LogP contribution in [0.15, 0.2) is 55.1 Å². The fourth-order valence-electron chi connectivity index (χ4n) is 3.22. The van der Waals surface area contributed by atoms with Crippen molar-refractivity contribution < 1.29 is 14.3 Å². The number of nitrogens with one attached hydrogen (secondary N) is 1. The minimum absolute atomic E-state index is 0.229. The first kappa shape index (κ1) is 20.0. The van der Waals surface area contributed by atoms with Crippen LogP contribution >= 0.6 is 0 Å². The molecule has 1 heterocycles. The van der Waals surface area contributed by atoms with E-state index in [1.54, 1.807) is 20.3 Å². The Morgan fingerprint density at radius 2 is 1.79 bits per heavy atom. The average Bonchev–Trinajstić information content (AvgIpc) is 2.72. The average molecular weight is 392 g/mol. The van der Waals surface area contributed by atoms with E-state index in [0.29, 0.717) is 23.0 Å². The first-order valence-corrected chi connectivity index (χ1v) is 9.06. The SMILES string of the molecule is C=CCN(C(N)=O)c1c(Nc2ccccc2)nc(C)c2cc(OC)c(OC)cc12. The lowest BCUT2D eigenvalue weighted by atomic mass is 10.1. The largest absolute Gasteiger partial charge is 0.493 e. The maximum atomic E-state index is 12.3. The molecule has 0 fully saturated rings. The molecule has 0 atom stereocenters. The third-order valence-corrected chi connectivity index (χ3v) is 4.56. The van der Waals surface area contributed by atoms with Crippen molar-refractivity contribution in [1.29, 1.82) is 0 Å². The number of methoxy groups -OCH3 is 2. The summed E-state index contributed by atoms with van der Waals surface area (Å²) in [5, 5.41) is 4.88. The highest BCUT2D eigenvalue weighted by Crippen LogP contribution is 2.41. The molecule has 0 unspecified atom stereocenters. The van der Waals surface area contributed by atoms with Crippen LogP contribution in [0.2, 0.25) is 0 Å². The predicted octanol–water partition coefficient (Wildman–Crippen LogP) is 4.38. The summed E-state index contributed by atoms with van der Waals surface area (Å²) in [6.07, 6.45) is 1.61. The van der Waals surface area contributed by atoms with Gasteiger partial charge in [0.25, 0.3) is 0 Å². The molecular formula is C22H24N4O3. The predicted molar refractivity (Wildman–Crippen MR) is 116 cm³/mol. The van der Waals surface area contributed by atoms with Crippen LogP contribution in [-0.4, -0.2) is 31.8 Å². The fourth-order valence-corrected chi connectivity index (χ4v) is 3.22. The maximum Gasteiger partial charge on any atom is 0.319 e. The van der Waals surface area contributed by atoms with Crippen molar-refractivity contribution in [2.75, 3.05) is 31.0 Å². The molecule has 3 rings (SSSR count). The Kier molecular flexibility index (Phi) is 5.87. The Bertz CT molecular complexity index is 1050. The smallest absolute Gasteiger partial charge is 0.319 e. The molecule has 0 aliphatic carbocycles. The molecule has 0 aliphatic rings. The summed E-state index contributed by atoms with van der Waals surface area (Å²) in [6.45, 7) is 5.87. The van der Waals surface area contributed by atoms with Crippen molar-refractivity contribution in [2.24, 2.45) is 5.73 Å². The number of nitrogens with zero attached hydrogens (tertiary/aromatic N) is 2. The lowest BCUT2D eigenvalue weighted by Crippen LogP contribution is -2.36. The molecule has 0 radical (unpaired) electrons. The van der Waals surface area contributed by atoms with Gasteiger partial charge in [0.1, 0.15) is 0 Å². The summed E-state index contributed by atoms with van der Waals surface area (Å²) in [4.78, 5) is 18.4. The number of aromatic nitrogens is 1. The number of urea groups is 1. The molecule has 0 spiro atoms. The minimum Gasteiger partial charge on any atom is -0.493 e. The number of nitrogens with two attached hydrogens (primary N) is 1. The summed E-state index contributed by atoms with van der Waals surface area (Å²) in [6, 6.07) is 12.7. The summed E-state index contributed by atoms with van der Waals surface area (Å²) in [5.74, 6) is 1.63. The number of carbonyl (C=O) groups is 1. The highest BCUT2D eigenvalue weighted by molar-refractivity contribution is 6.09. The number of para-hydroxylation sites is 1. The summed E-state index contributed by atoms with van der Waals surface area (Å²) >= 11 is 0. The zero-order valence-electron chi connectivity index (χ0n) is 16.7. The van der Waals surface area contributed by atoms with Gasteiger partial charge in [0.15, 0.2) is 17.3 Å². The van der Waals surface area contributed by atoms with Gasteiger partial charge in [-0.05, 0) is 31.2 Å². The molecule has 0 bridgehead atoms. The van der Waals surface area contributed by atoms with Gasteiger partial charge in [-0.15, -0.1) is 6.58 Å². The number of benzene rings is 2. The number of primary amides is 1. The van der Waals surface area contributed by atoms with Gasteiger partial charge in [0.05, 0.1) is 19.9 Å². The Morgan fingerprint density at radius 1 is 1.17 bits per heavy atom. The molecule has 2 aromatic carbocycles. The number of hydrogen-bond acceptors (Lipinski definition) is 5. The van der Waals surface area contributed by atoms with Gasteiger partial charge in [-0.2, -0.15) is 0 Å². The Morgan fingerprint density at radius 3 is 2.34 bits per heavy atom. The second kappa shape index (κ2) is 8.52. The van der Waals surface area contributed by atoms with E-state index >= 15 is 0 Å². The highest BCUT2D eigenvalue weighted by Gasteiger charge is 2.23. The molecule has 7 heteroatoms. The molecule has 0 saturated carbocycles. The molecule has 0 aliphatic heterocycles. The maximum absolute atomic E-state index is 12.3. The van der Waals surface area contributed by atoms with Gasteiger partial charge in [-0.3, -0.25) is 4.90 Å². The normalized spacial score (nSPS) is 10.4. The van der Waals surface area contributed by atoms with Gasteiger partial charge in [-0.1, -0.05) is 24.3 Å². The molecule has 3 aromatic rings. The van der Waals surface area contributed by atoms with E-state index in [1.807, 2.05) is 49.4 Å². The number of amides is 2. The summed E-state index contributed by atoms with van der Waals surface area (Å²) in [7, 11) is 3.14. The standard InChI is InChI=1S/C22H24N4O3/c1-5-11-26(22(23)27)20-17-13-19(29-4)18(28-3)12-16(17)14(2)24-21(20)25-15-9-7-6-8-10-15/h5-10,12-13H,1,11H2,2-4H3,(H2,23,27)(H,24,25). The van der Waals surface area contributed by atoms with Crippen molar-refractivity contribution in [3.8, 4) is 11.5 Å². The minimum atomic E-state index is -0.609. The second-order valence-electron chi connectivity index (χ2n) is 6.38. The van der Waals surface area contributed by atoms with E-state index < -0.39 is 6.03 Å². The van der Waals surface area contributed by atoms with Crippen molar-refractivity contribution in [1.82, 2.24) is 4.98 Å². The highest BCUT2D eigenvalue weighted by atomic mass is 16.5. The third-order valence-electron chi connectivity index (χ3n) is 4.56. The van der Waals surface area contributed by atoms with Crippen LogP contribution < -0.4 is 25.4 Å². The molecular weight excluding hydrogens is 368 g/mol. The molecule has 2 amide bonds.